The van der Waals surface area contributed by atoms with E-state index < -0.39 is 11.9 Å². The molecule has 0 saturated carbocycles. The molecule has 0 radical (unpaired) electrons. The molecule has 24 heavy (non-hydrogen) atoms. The molecule has 0 saturated heterocycles. The minimum absolute atomic E-state index is 0.158. The van der Waals surface area contributed by atoms with E-state index in [-0.39, 0.29) is 12.6 Å². The Bertz CT molecular complexity index is 726. The smallest absolute Gasteiger partial charge is 0.317 e. The lowest BCUT2D eigenvalue weighted by molar-refractivity contribution is -0.141. The van der Waals surface area contributed by atoms with Crippen LogP contribution in [0.1, 0.15) is 12.5 Å². The largest absolute Gasteiger partial charge is 0.481 e. The number of carbonyl (C=O) groups excluding carboxylic acids is 1. The summed E-state index contributed by atoms with van der Waals surface area (Å²) in [7, 11) is 3.44. The van der Waals surface area contributed by atoms with Crippen LogP contribution < -0.4 is 5.32 Å². The molecular formula is C17H22N4O3. The lowest BCUT2D eigenvalue weighted by Gasteiger charge is -2.20. The van der Waals surface area contributed by atoms with Gasteiger partial charge in [-0.05, 0) is 11.1 Å². The monoisotopic (exact) mass is 330 g/mol. The van der Waals surface area contributed by atoms with E-state index in [0.29, 0.717) is 6.54 Å². The van der Waals surface area contributed by atoms with Gasteiger partial charge in [0.15, 0.2) is 0 Å². The Morgan fingerprint density at radius 1 is 1.38 bits per heavy atom. The Kier molecular flexibility index (Phi) is 5.57. The highest BCUT2D eigenvalue weighted by Gasteiger charge is 2.17. The fraction of sp³-hybridized carbons (Fsp3) is 0.353. The Labute approximate surface area is 140 Å². The third-order valence-electron chi connectivity index (χ3n) is 3.78. The number of carboxylic acids is 1. The molecule has 7 nitrogen and oxygen atoms in total. The Hall–Kier alpha value is -2.83. The maximum atomic E-state index is 12.1. The molecule has 1 atom stereocenters. The van der Waals surface area contributed by atoms with Crippen molar-refractivity contribution in [1.82, 2.24) is 20.0 Å². The second kappa shape index (κ2) is 7.63. The van der Waals surface area contributed by atoms with Crippen molar-refractivity contribution in [3.05, 3.63) is 42.2 Å². The molecule has 0 spiro atoms. The maximum Gasteiger partial charge on any atom is 0.317 e. The number of nitrogens with one attached hydrogen (secondary N) is 1. The molecule has 7 heteroatoms. The Morgan fingerprint density at radius 2 is 2.08 bits per heavy atom. The maximum absolute atomic E-state index is 12.1. The summed E-state index contributed by atoms with van der Waals surface area (Å²) >= 11 is 0. The predicted octanol–water partition coefficient (Wildman–Crippen LogP) is 1.95. The number of amides is 2. The molecule has 2 amide bonds. The normalized spacial score (nSPS) is 11.8. The summed E-state index contributed by atoms with van der Waals surface area (Å²) in [5.74, 6) is -1.53. The van der Waals surface area contributed by atoms with Crippen LogP contribution in [0.25, 0.3) is 11.1 Å². The van der Waals surface area contributed by atoms with Gasteiger partial charge in [-0.15, -0.1) is 0 Å². The highest BCUT2D eigenvalue weighted by molar-refractivity contribution is 5.76. The molecule has 0 fully saturated rings. The van der Waals surface area contributed by atoms with Crippen molar-refractivity contribution in [3.8, 4) is 11.1 Å². The number of aliphatic carboxylic acids is 1. The summed E-state index contributed by atoms with van der Waals surface area (Å²) in [5.41, 5.74) is 2.96. The van der Waals surface area contributed by atoms with Gasteiger partial charge in [-0.1, -0.05) is 31.2 Å². The van der Waals surface area contributed by atoms with Crippen LogP contribution in [0.15, 0.2) is 36.7 Å². The number of aromatic nitrogens is 2. The first-order chi connectivity index (χ1) is 11.4. The van der Waals surface area contributed by atoms with E-state index in [9.17, 15) is 9.59 Å². The van der Waals surface area contributed by atoms with Crippen LogP contribution in [0.2, 0.25) is 0 Å². The highest BCUT2D eigenvalue weighted by atomic mass is 16.4. The van der Waals surface area contributed by atoms with Gasteiger partial charge in [-0.2, -0.15) is 5.10 Å². The zero-order chi connectivity index (χ0) is 17.7. The number of aryl methyl sites for hydroxylation is 1. The average Bonchev–Trinajstić information content (AvgIpc) is 2.98. The van der Waals surface area contributed by atoms with Crippen molar-refractivity contribution in [2.24, 2.45) is 13.0 Å². The minimum Gasteiger partial charge on any atom is -0.481 e. The van der Waals surface area contributed by atoms with E-state index in [4.69, 9.17) is 5.11 Å². The van der Waals surface area contributed by atoms with Gasteiger partial charge in [0.25, 0.3) is 0 Å². The molecule has 1 unspecified atom stereocenters. The van der Waals surface area contributed by atoms with Crippen molar-refractivity contribution in [2.75, 3.05) is 13.6 Å². The molecule has 1 aromatic heterocycles. The first-order valence-electron chi connectivity index (χ1n) is 7.67. The number of hydrogen-bond donors (Lipinski definition) is 2. The summed E-state index contributed by atoms with van der Waals surface area (Å²) in [4.78, 5) is 24.4. The highest BCUT2D eigenvalue weighted by Crippen LogP contribution is 2.22. The van der Waals surface area contributed by atoms with Crippen molar-refractivity contribution in [3.63, 3.8) is 0 Å². The number of carbonyl (C=O) groups is 2. The van der Waals surface area contributed by atoms with Gasteiger partial charge in [-0.3, -0.25) is 9.48 Å². The van der Waals surface area contributed by atoms with Gasteiger partial charge in [0.05, 0.1) is 12.1 Å². The Balaban J connectivity index is 2.02. The van der Waals surface area contributed by atoms with Crippen LogP contribution >= 0.6 is 0 Å². The molecule has 0 aliphatic rings. The van der Waals surface area contributed by atoms with E-state index in [1.54, 1.807) is 24.9 Å². The number of rotatable bonds is 6. The molecule has 2 aromatic rings. The summed E-state index contributed by atoms with van der Waals surface area (Å²) < 4.78 is 1.73. The van der Waals surface area contributed by atoms with E-state index in [1.807, 2.05) is 37.5 Å². The zero-order valence-corrected chi connectivity index (χ0v) is 14.1. The quantitative estimate of drug-likeness (QED) is 0.847. The first kappa shape index (κ1) is 17.5. The van der Waals surface area contributed by atoms with Crippen LogP contribution in [-0.2, 0) is 18.4 Å². The van der Waals surface area contributed by atoms with Gasteiger partial charge < -0.3 is 15.3 Å². The molecule has 2 N–H and O–H groups in total. The Morgan fingerprint density at radius 3 is 2.71 bits per heavy atom. The van der Waals surface area contributed by atoms with Crippen molar-refractivity contribution in [1.29, 1.82) is 0 Å². The number of urea groups is 1. The van der Waals surface area contributed by atoms with E-state index in [0.717, 1.165) is 16.7 Å². The third kappa shape index (κ3) is 4.34. The van der Waals surface area contributed by atoms with Crippen molar-refractivity contribution >= 4 is 12.0 Å². The van der Waals surface area contributed by atoms with Crippen LogP contribution in [0.3, 0.4) is 0 Å². The van der Waals surface area contributed by atoms with Gasteiger partial charge in [0.1, 0.15) is 0 Å². The number of carboxylic acid groups (broad SMARTS) is 1. The fourth-order valence-corrected chi connectivity index (χ4v) is 2.39. The van der Waals surface area contributed by atoms with E-state index in [1.165, 1.54) is 4.90 Å². The van der Waals surface area contributed by atoms with Crippen LogP contribution in [0, 0.1) is 5.92 Å². The molecule has 128 valence electrons. The molecule has 2 rings (SSSR count). The second-order valence-electron chi connectivity index (χ2n) is 5.84. The lowest BCUT2D eigenvalue weighted by Crippen LogP contribution is -2.40. The number of nitrogens with zero attached hydrogens (tertiary/aromatic N) is 3. The van der Waals surface area contributed by atoms with E-state index >= 15 is 0 Å². The van der Waals surface area contributed by atoms with Gasteiger partial charge in [-0.25, -0.2) is 4.79 Å². The SMILES string of the molecule is CC(CN(C)C(=O)NCc1ccccc1-c1cnn(C)c1)C(=O)O. The van der Waals surface area contributed by atoms with E-state index in [2.05, 4.69) is 10.4 Å². The molecule has 1 heterocycles. The van der Waals surface area contributed by atoms with Crippen molar-refractivity contribution < 1.29 is 14.7 Å². The standard InChI is InChI=1S/C17H22N4O3/c1-12(16(22)23)10-20(2)17(24)18-8-13-6-4-5-7-15(13)14-9-19-21(3)11-14/h4-7,9,11-12H,8,10H2,1-3H3,(H,18,24)(H,22,23). The molecule has 0 aliphatic carbocycles. The summed E-state index contributed by atoms with van der Waals surface area (Å²) in [6.45, 7) is 2.09. The topological polar surface area (TPSA) is 87.5 Å². The second-order valence-corrected chi connectivity index (χ2v) is 5.84. The van der Waals surface area contributed by atoms with Crippen LogP contribution in [-0.4, -0.2) is 45.4 Å². The van der Waals surface area contributed by atoms with Crippen LogP contribution in [0.5, 0.6) is 0 Å². The predicted molar refractivity (Wildman–Crippen MR) is 90.3 cm³/mol. The molecule has 1 aromatic carbocycles. The van der Waals surface area contributed by atoms with Crippen LogP contribution in [0.4, 0.5) is 4.79 Å². The average molecular weight is 330 g/mol. The van der Waals surface area contributed by atoms with Gasteiger partial charge in [0, 0.05) is 38.9 Å². The number of hydrogen-bond acceptors (Lipinski definition) is 3. The summed E-state index contributed by atoms with van der Waals surface area (Å²) in [6.07, 6.45) is 3.70. The molecular weight excluding hydrogens is 308 g/mol. The lowest BCUT2D eigenvalue weighted by atomic mass is 10.0. The van der Waals surface area contributed by atoms with Crippen molar-refractivity contribution in [2.45, 2.75) is 13.5 Å². The zero-order valence-electron chi connectivity index (χ0n) is 14.1. The third-order valence-corrected chi connectivity index (χ3v) is 3.78. The molecule has 0 aliphatic heterocycles. The van der Waals surface area contributed by atoms with Gasteiger partial charge >= 0.3 is 12.0 Å². The summed E-state index contributed by atoms with van der Waals surface area (Å²) in [6, 6.07) is 7.48. The molecule has 0 bridgehead atoms. The first-order valence-corrected chi connectivity index (χ1v) is 7.67. The number of benzene rings is 1. The minimum atomic E-state index is -0.920. The van der Waals surface area contributed by atoms with Gasteiger partial charge in [0.2, 0.25) is 0 Å². The summed E-state index contributed by atoms with van der Waals surface area (Å²) in [5, 5.41) is 15.9. The fourth-order valence-electron chi connectivity index (χ4n) is 2.39.